The topological polar surface area (TPSA) is 78.8 Å². The molecular weight excluding hydrogens is 262 g/mol. The lowest BCUT2D eigenvalue weighted by atomic mass is 10.3. The van der Waals surface area contributed by atoms with E-state index in [0.29, 0.717) is 21.9 Å². The zero-order chi connectivity index (χ0) is 10.8. The maximum Gasteiger partial charge on any atom is 0.340 e. The molecule has 0 fully saturated rings. The largest absolute Gasteiger partial charge is 0.422 e. The fourth-order valence-electron chi connectivity index (χ4n) is 1.01. The summed E-state index contributed by atoms with van der Waals surface area (Å²) in [6.07, 6.45) is 0. The summed E-state index contributed by atoms with van der Waals surface area (Å²) >= 11 is 3.32. The van der Waals surface area contributed by atoms with Crippen LogP contribution in [0.1, 0.15) is 0 Å². The molecule has 15 heavy (non-hydrogen) atoms. The first-order valence-corrected chi connectivity index (χ1v) is 4.92. The van der Waals surface area contributed by atoms with Crippen molar-refractivity contribution in [2.75, 3.05) is 5.73 Å². The second-order valence-electron chi connectivity index (χ2n) is 2.85. The number of halogens is 1. The lowest BCUT2D eigenvalue weighted by Crippen LogP contribution is -1.97. The van der Waals surface area contributed by atoms with Crippen LogP contribution in [0.3, 0.4) is 0 Å². The molecule has 0 aliphatic carbocycles. The van der Waals surface area contributed by atoms with Gasteiger partial charge in [-0.2, -0.15) is 4.68 Å². The van der Waals surface area contributed by atoms with E-state index in [1.54, 1.807) is 25.2 Å². The molecule has 0 spiro atoms. The number of nitrogen functional groups attached to an aromatic ring is 1. The SMILES string of the molecule is Cn1nnnc1Oc1cccc(N)c1Br. The molecule has 0 atom stereocenters. The predicted octanol–water partition coefficient (Wildman–Crippen LogP) is 1.35. The van der Waals surface area contributed by atoms with Crippen molar-refractivity contribution in [2.45, 2.75) is 0 Å². The van der Waals surface area contributed by atoms with E-state index in [1.807, 2.05) is 0 Å². The van der Waals surface area contributed by atoms with Gasteiger partial charge >= 0.3 is 6.01 Å². The molecule has 2 N–H and O–H groups in total. The Bertz CT molecular complexity index is 484. The number of aromatic nitrogens is 4. The van der Waals surface area contributed by atoms with Gasteiger partial charge in [0.25, 0.3) is 0 Å². The van der Waals surface area contributed by atoms with Crippen molar-refractivity contribution >= 4 is 21.6 Å². The first kappa shape index (κ1) is 9.91. The molecule has 0 unspecified atom stereocenters. The molecular formula is C8H8BrN5O. The highest BCUT2D eigenvalue weighted by Crippen LogP contribution is 2.32. The molecule has 1 aromatic heterocycles. The summed E-state index contributed by atoms with van der Waals surface area (Å²) in [6, 6.07) is 5.64. The lowest BCUT2D eigenvalue weighted by molar-refractivity contribution is 0.413. The molecule has 0 saturated heterocycles. The smallest absolute Gasteiger partial charge is 0.340 e. The fraction of sp³-hybridized carbons (Fsp3) is 0.125. The Morgan fingerprint density at radius 3 is 2.93 bits per heavy atom. The number of anilines is 1. The molecule has 0 saturated carbocycles. The van der Waals surface area contributed by atoms with Crippen molar-refractivity contribution in [3.8, 4) is 11.8 Å². The first-order valence-electron chi connectivity index (χ1n) is 4.12. The van der Waals surface area contributed by atoms with E-state index in [4.69, 9.17) is 10.5 Å². The van der Waals surface area contributed by atoms with Crippen molar-refractivity contribution < 1.29 is 4.74 Å². The van der Waals surface area contributed by atoms with Crippen LogP contribution in [0.4, 0.5) is 5.69 Å². The number of nitrogens with two attached hydrogens (primary N) is 1. The summed E-state index contributed by atoms with van der Waals surface area (Å²) in [5.41, 5.74) is 6.30. The third-order valence-corrected chi connectivity index (χ3v) is 2.62. The number of tetrazole rings is 1. The van der Waals surface area contributed by atoms with Crippen molar-refractivity contribution in [3.63, 3.8) is 0 Å². The maximum atomic E-state index is 5.70. The van der Waals surface area contributed by atoms with Gasteiger partial charge in [0.2, 0.25) is 0 Å². The Hall–Kier alpha value is -1.63. The zero-order valence-corrected chi connectivity index (χ0v) is 9.47. The van der Waals surface area contributed by atoms with Crippen LogP contribution >= 0.6 is 15.9 Å². The van der Waals surface area contributed by atoms with Gasteiger partial charge in [-0.25, -0.2) is 0 Å². The summed E-state index contributed by atoms with van der Waals surface area (Å²) in [5, 5.41) is 10.8. The van der Waals surface area contributed by atoms with Gasteiger partial charge in [-0.05, 0) is 38.5 Å². The Labute approximate surface area is 94.2 Å². The molecule has 1 heterocycles. The molecule has 2 rings (SSSR count). The van der Waals surface area contributed by atoms with E-state index in [2.05, 4.69) is 31.5 Å². The van der Waals surface area contributed by atoms with Gasteiger partial charge in [-0.3, -0.25) is 0 Å². The van der Waals surface area contributed by atoms with Gasteiger partial charge in [0.15, 0.2) is 0 Å². The number of hydrogen-bond donors (Lipinski definition) is 1. The monoisotopic (exact) mass is 269 g/mol. The van der Waals surface area contributed by atoms with Crippen LogP contribution in [0.15, 0.2) is 22.7 Å². The molecule has 6 nitrogen and oxygen atoms in total. The molecule has 0 bridgehead atoms. The molecule has 78 valence electrons. The van der Waals surface area contributed by atoms with Crippen molar-refractivity contribution in [1.29, 1.82) is 0 Å². The van der Waals surface area contributed by atoms with E-state index in [-0.39, 0.29) is 0 Å². The second kappa shape index (κ2) is 3.85. The number of hydrogen-bond acceptors (Lipinski definition) is 5. The van der Waals surface area contributed by atoms with E-state index in [1.165, 1.54) is 4.68 Å². The van der Waals surface area contributed by atoms with Crippen LogP contribution in [0.25, 0.3) is 0 Å². The van der Waals surface area contributed by atoms with Gasteiger partial charge < -0.3 is 10.5 Å². The predicted molar refractivity (Wildman–Crippen MR) is 57.4 cm³/mol. The zero-order valence-electron chi connectivity index (χ0n) is 7.88. The second-order valence-corrected chi connectivity index (χ2v) is 3.64. The number of benzene rings is 1. The van der Waals surface area contributed by atoms with Gasteiger partial charge in [0.1, 0.15) is 5.75 Å². The summed E-state index contributed by atoms with van der Waals surface area (Å²) in [5.74, 6) is 0.577. The highest BCUT2D eigenvalue weighted by molar-refractivity contribution is 9.10. The molecule has 0 radical (unpaired) electrons. The standard InChI is InChI=1S/C8H8BrN5O/c1-14-8(11-12-13-14)15-6-4-2-3-5(10)7(6)9/h2-4H,10H2,1H3. The minimum Gasteiger partial charge on any atom is -0.422 e. The summed E-state index contributed by atoms with van der Waals surface area (Å²) in [7, 11) is 1.69. The molecule has 0 aliphatic rings. The number of ether oxygens (including phenoxy) is 1. The summed E-state index contributed by atoms with van der Waals surface area (Å²) in [4.78, 5) is 0. The summed E-state index contributed by atoms with van der Waals surface area (Å²) < 4.78 is 7.57. The third-order valence-electron chi connectivity index (χ3n) is 1.78. The van der Waals surface area contributed by atoms with Gasteiger partial charge in [0.05, 0.1) is 4.47 Å². The van der Waals surface area contributed by atoms with Crippen LogP contribution in [0.2, 0.25) is 0 Å². The van der Waals surface area contributed by atoms with Gasteiger partial charge in [0, 0.05) is 12.7 Å². The minimum atomic E-state index is 0.307. The normalized spacial score (nSPS) is 10.3. The van der Waals surface area contributed by atoms with Crippen molar-refractivity contribution in [2.24, 2.45) is 7.05 Å². The highest BCUT2D eigenvalue weighted by Gasteiger charge is 2.09. The average molecular weight is 270 g/mol. The quantitative estimate of drug-likeness (QED) is 0.833. The first-order chi connectivity index (χ1) is 7.18. The molecule has 1 aromatic carbocycles. The van der Waals surface area contributed by atoms with E-state index >= 15 is 0 Å². The van der Waals surface area contributed by atoms with Crippen LogP contribution in [0.5, 0.6) is 11.8 Å². The van der Waals surface area contributed by atoms with Gasteiger partial charge in [-0.1, -0.05) is 11.2 Å². The Morgan fingerprint density at radius 1 is 1.47 bits per heavy atom. The molecule has 0 amide bonds. The van der Waals surface area contributed by atoms with Crippen LogP contribution in [0, 0.1) is 0 Å². The minimum absolute atomic E-state index is 0.307. The number of rotatable bonds is 2. The number of nitrogens with zero attached hydrogens (tertiary/aromatic N) is 4. The molecule has 2 aromatic rings. The van der Waals surface area contributed by atoms with Crippen LogP contribution in [-0.2, 0) is 7.05 Å². The Balaban J connectivity index is 2.33. The van der Waals surface area contributed by atoms with Crippen molar-refractivity contribution in [3.05, 3.63) is 22.7 Å². The van der Waals surface area contributed by atoms with Crippen LogP contribution < -0.4 is 10.5 Å². The highest BCUT2D eigenvalue weighted by atomic mass is 79.9. The van der Waals surface area contributed by atoms with Crippen LogP contribution in [-0.4, -0.2) is 20.2 Å². The van der Waals surface area contributed by atoms with Crippen molar-refractivity contribution in [1.82, 2.24) is 20.2 Å². The summed E-state index contributed by atoms with van der Waals surface area (Å²) in [6.45, 7) is 0. The third kappa shape index (κ3) is 1.91. The van der Waals surface area contributed by atoms with E-state index < -0.39 is 0 Å². The molecule has 7 heteroatoms. The lowest BCUT2D eigenvalue weighted by Gasteiger charge is -2.06. The Morgan fingerprint density at radius 2 is 2.27 bits per heavy atom. The number of aryl methyl sites for hydroxylation is 1. The molecule has 0 aliphatic heterocycles. The maximum absolute atomic E-state index is 5.70. The van der Waals surface area contributed by atoms with Gasteiger partial charge in [-0.15, -0.1) is 0 Å². The average Bonchev–Trinajstić information content (AvgIpc) is 2.60. The fourth-order valence-corrected chi connectivity index (χ4v) is 1.36. The van der Waals surface area contributed by atoms with E-state index in [0.717, 1.165) is 0 Å². The van der Waals surface area contributed by atoms with E-state index in [9.17, 15) is 0 Å². The Kier molecular flexibility index (Phi) is 2.55.